The van der Waals surface area contributed by atoms with Gasteiger partial charge >= 0.3 is 0 Å². The first-order valence-electron chi connectivity index (χ1n) is 5.59. The molecule has 0 bridgehead atoms. The average molecular weight is 296 g/mol. The highest BCUT2D eigenvalue weighted by molar-refractivity contribution is 9.10. The highest BCUT2D eigenvalue weighted by Crippen LogP contribution is 2.18. The zero-order chi connectivity index (χ0) is 12.1. The van der Waals surface area contributed by atoms with Crippen molar-refractivity contribution in [1.82, 2.24) is 15.5 Å². The summed E-state index contributed by atoms with van der Waals surface area (Å²) in [6.45, 7) is 3.88. The number of nitrogens with zero attached hydrogens (tertiary/aromatic N) is 2. The van der Waals surface area contributed by atoms with Crippen molar-refractivity contribution in [2.24, 2.45) is 0 Å². The molecule has 1 N–H and O–H groups in total. The van der Waals surface area contributed by atoms with Crippen LogP contribution in [0.3, 0.4) is 0 Å². The van der Waals surface area contributed by atoms with Gasteiger partial charge in [0.2, 0.25) is 11.7 Å². The Kier molecular flexibility index (Phi) is 4.28. The second-order valence-corrected chi connectivity index (χ2v) is 4.54. The summed E-state index contributed by atoms with van der Waals surface area (Å²) in [5.74, 6) is 1.31. The van der Waals surface area contributed by atoms with E-state index >= 15 is 0 Å². The molecular weight excluding hydrogens is 282 g/mol. The van der Waals surface area contributed by atoms with E-state index in [-0.39, 0.29) is 0 Å². The number of aromatic nitrogens is 2. The largest absolute Gasteiger partial charge is 0.339 e. The number of rotatable bonds is 5. The molecule has 0 spiro atoms. The van der Waals surface area contributed by atoms with Crippen LogP contribution in [0.25, 0.3) is 11.4 Å². The maximum absolute atomic E-state index is 5.18. The number of hydrogen-bond acceptors (Lipinski definition) is 4. The zero-order valence-corrected chi connectivity index (χ0v) is 11.2. The molecule has 0 saturated carbocycles. The fraction of sp³-hybridized carbons (Fsp3) is 0.333. The second kappa shape index (κ2) is 5.93. The first-order chi connectivity index (χ1) is 8.29. The van der Waals surface area contributed by atoms with E-state index in [1.54, 1.807) is 0 Å². The van der Waals surface area contributed by atoms with E-state index in [4.69, 9.17) is 4.52 Å². The number of nitrogens with one attached hydrogen (secondary N) is 1. The van der Waals surface area contributed by atoms with Gasteiger partial charge in [-0.05, 0) is 30.8 Å². The van der Waals surface area contributed by atoms with Gasteiger partial charge in [0.25, 0.3) is 0 Å². The minimum Gasteiger partial charge on any atom is -0.339 e. The number of likely N-dealkylation sites (N-methyl/N-ethyl adjacent to an activating group) is 1. The lowest BCUT2D eigenvalue weighted by Crippen LogP contribution is -2.16. The van der Waals surface area contributed by atoms with Crippen LogP contribution in [-0.4, -0.2) is 23.2 Å². The van der Waals surface area contributed by atoms with E-state index < -0.39 is 0 Å². The van der Waals surface area contributed by atoms with Crippen LogP contribution in [0.2, 0.25) is 0 Å². The van der Waals surface area contributed by atoms with Gasteiger partial charge in [-0.2, -0.15) is 4.98 Å². The standard InChI is InChI=1S/C12H14BrN3O/c1-2-14-8-7-11-15-12(16-17-11)9-3-5-10(13)6-4-9/h3-6,14H,2,7-8H2,1H3. The molecule has 0 radical (unpaired) electrons. The molecule has 0 aliphatic heterocycles. The molecule has 0 aliphatic rings. The Morgan fingerprint density at radius 1 is 1.29 bits per heavy atom. The fourth-order valence-corrected chi connectivity index (χ4v) is 1.71. The Morgan fingerprint density at radius 3 is 2.76 bits per heavy atom. The predicted octanol–water partition coefficient (Wildman–Crippen LogP) is 2.65. The molecule has 0 unspecified atom stereocenters. The maximum Gasteiger partial charge on any atom is 0.228 e. The molecule has 0 saturated heterocycles. The second-order valence-electron chi connectivity index (χ2n) is 3.62. The molecule has 0 amide bonds. The molecule has 1 heterocycles. The zero-order valence-electron chi connectivity index (χ0n) is 9.61. The summed E-state index contributed by atoms with van der Waals surface area (Å²) in [6, 6.07) is 7.85. The molecule has 90 valence electrons. The molecule has 2 rings (SSSR count). The van der Waals surface area contributed by atoms with E-state index in [9.17, 15) is 0 Å². The van der Waals surface area contributed by atoms with Gasteiger partial charge in [0.05, 0.1) is 0 Å². The van der Waals surface area contributed by atoms with E-state index in [1.807, 2.05) is 24.3 Å². The van der Waals surface area contributed by atoms with Crippen LogP contribution < -0.4 is 5.32 Å². The Morgan fingerprint density at radius 2 is 2.06 bits per heavy atom. The van der Waals surface area contributed by atoms with E-state index in [0.717, 1.165) is 29.5 Å². The fourth-order valence-electron chi connectivity index (χ4n) is 1.44. The van der Waals surface area contributed by atoms with Crippen molar-refractivity contribution in [2.45, 2.75) is 13.3 Å². The van der Waals surface area contributed by atoms with E-state index in [2.05, 4.69) is 38.3 Å². The maximum atomic E-state index is 5.18. The average Bonchev–Trinajstić information content (AvgIpc) is 2.79. The molecule has 0 fully saturated rings. The quantitative estimate of drug-likeness (QED) is 0.862. The van der Waals surface area contributed by atoms with Crippen molar-refractivity contribution in [3.05, 3.63) is 34.6 Å². The van der Waals surface area contributed by atoms with Gasteiger partial charge in [0.15, 0.2) is 0 Å². The normalized spacial score (nSPS) is 10.7. The molecule has 2 aromatic rings. The topological polar surface area (TPSA) is 51.0 Å². The summed E-state index contributed by atoms with van der Waals surface area (Å²) in [6.07, 6.45) is 0.761. The lowest BCUT2D eigenvalue weighted by Gasteiger charge is -1.95. The third-order valence-electron chi connectivity index (χ3n) is 2.34. The minimum atomic E-state index is 0.643. The van der Waals surface area contributed by atoms with Crippen LogP contribution in [0.4, 0.5) is 0 Å². The summed E-state index contributed by atoms with van der Waals surface area (Å²) in [5.41, 5.74) is 0.964. The van der Waals surface area contributed by atoms with Gasteiger partial charge in [-0.3, -0.25) is 0 Å². The Labute approximate surface area is 109 Å². The Balaban J connectivity index is 2.04. The van der Waals surface area contributed by atoms with Gasteiger partial charge in [0, 0.05) is 23.0 Å². The van der Waals surface area contributed by atoms with Crippen LogP contribution in [0.1, 0.15) is 12.8 Å². The van der Waals surface area contributed by atoms with Crippen molar-refractivity contribution in [2.75, 3.05) is 13.1 Å². The first-order valence-corrected chi connectivity index (χ1v) is 6.38. The molecule has 0 aliphatic carbocycles. The van der Waals surface area contributed by atoms with Gasteiger partial charge < -0.3 is 9.84 Å². The third kappa shape index (κ3) is 3.38. The lowest BCUT2D eigenvalue weighted by molar-refractivity contribution is 0.377. The van der Waals surface area contributed by atoms with Crippen LogP contribution in [0.15, 0.2) is 33.3 Å². The molecule has 0 atom stereocenters. The van der Waals surface area contributed by atoms with Crippen molar-refractivity contribution in [3.63, 3.8) is 0 Å². The summed E-state index contributed by atoms with van der Waals surface area (Å²) in [7, 11) is 0. The summed E-state index contributed by atoms with van der Waals surface area (Å²) < 4.78 is 6.22. The van der Waals surface area contributed by atoms with Crippen molar-refractivity contribution in [1.29, 1.82) is 0 Å². The number of benzene rings is 1. The summed E-state index contributed by atoms with van der Waals surface area (Å²) >= 11 is 3.39. The van der Waals surface area contributed by atoms with Crippen molar-refractivity contribution in [3.8, 4) is 11.4 Å². The van der Waals surface area contributed by atoms with Crippen molar-refractivity contribution >= 4 is 15.9 Å². The smallest absolute Gasteiger partial charge is 0.228 e. The highest BCUT2D eigenvalue weighted by Gasteiger charge is 2.07. The van der Waals surface area contributed by atoms with Crippen LogP contribution in [0, 0.1) is 0 Å². The Hall–Kier alpha value is -1.20. The monoisotopic (exact) mass is 295 g/mol. The van der Waals surface area contributed by atoms with Gasteiger partial charge in [-0.1, -0.05) is 28.0 Å². The number of halogens is 1. The predicted molar refractivity (Wildman–Crippen MR) is 69.7 cm³/mol. The van der Waals surface area contributed by atoms with E-state index in [0.29, 0.717) is 11.7 Å². The van der Waals surface area contributed by atoms with Crippen molar-refractivity contribution < 1.29 is 4.52 Å². The minimum absolute atomic E-state index is 0.643. The number of hydrogen-bond donors (Lipinski definition) is 1. The lowest BCUT2D eigenvalue weighted by atomic mass is 10.2. The highest BCUT2D eigenvalue weighted by atomic mass is 79.9. The molecule has 1 aromatic carbocycles. The molecule has 1 aromatic heterocycles. The van der Waals surface area contributed by atoms with E-state index in [1.165, 1.54) is 0 Å². The molecular formula is C12H14BrN3O. The van der Waals surface area contributed by atoms with Crippen LogP contribution in [0.5, 0.6) is 0 Å². The van der Waals surface area contributed by atoms with Gasteiger partial charge in [-0.15, -0.1) is 0 Å². The van der Waals surface area contributed by atoms with Crippen LogP contribution in [-0.2, 0) is 6.42 Å². The van der Waals surface area contributed by atoms with Gasteiger partial charge in [0.1, 0.15) is 0 Å². The molecule has 17 heavy (non-hydrogen) atoms. The third-order valence-corrected chi connectivity index (χ3v) is 2.86. The summed E-state index contributed by atoms with van der Waals surface area (Å²) in [4.78, 5) is 4.35. The van der Waals surface area contributed by atoms with Crippen LogP contribution >= 0.6 is 15.9 Å². The first kappa shape index (κ1) is 12.3. The molecule has 4 nitrogen and oxygen atoms in total. The summed E-state index contributed by atoms with van der Waals surface area (Å²) in [5, 5.41) is 7.18. The molecule has 5 heteroatoms. The van der Waals surface area contributed by atoms with Gasteiger partial charge in [-0.25, -0.2) is 0 Å². The Bertz CT molecular complexity index is 467. The SMILES string of the molecule is CCNCCc1nc(-c2ccc(Br)cc2)no1.